The van der Waals surface area contributed by atoms with Gasteiger partial charge in [-0.25, -0.2) is 8.42 Å². The molecule has 2 aromatic carbocycles. The van der Waals surface area contributed by atoms with E-state index in [0.717, 1.165) is 0 Å². The number of nitrogens with zero attached hydrogens (tertiary/aromatic N) is 1. The van der Waals surface area contributed by atoms with Crippen molar-refractivity contribution in [3.8, 4) is 0 Å². The Bertz CT molecular complexity index is 844. The Morgan fingerprint density at radius 2 is 1.75 bits per heavy atom. The van der Waals surface area contributed by atoms with Crippen LogP contribution in [0.3, 0.4) is 0 Å². The zero-order valence-corrected chi connectivity index (χ0v) is 13.4. The van der Waals surface area contributed by atoms with Crippen LogP contribution in [0.5, 0.6) is 0 Å². The third kappa shape index (κ3) is 3.45. The summed E-state index contributed by atoms with van der Waals surface area (Å²) in [5.41, 5.74) is 0.438. The Morgan fingerprint density at radius 1 is 1.08 bits per heavy atom. The molecule has 1 aliphatic heterocycles. The summed E-state index contributed by atoms with van der Waals surface area (Å²) >= 11 is 0. The van der Waals surface area contributed by atoms with Gasteiger partial charge in [-0.2, -0.15) is 0 Å². The van der Waals surface area contributed by atoms with Crippen LogP contribution in [-0.2, 0) is 25.1 Å². The van der Waals surface area contributed by atoms with Crippen LogP contribution in [0, 0.1) is 10.1 Å². The average Bonchev–Trinajstić information content (AvgIpc) is 3.09. The predicted molar refractivity (Wildman–Crippen MR) is 85.1 cm³/mol. The van der Waals surface area contributed by atoms with Crippen LogP contribution in [0.15, 0.2) is 53.4 Å². The number of hydrogen-bond donors (Lipinski definition) is 0. The van der Waals surface area contributed by atoms with Crippen LogP contribution in [0.2, 0.25) is 0 Å². The molecule has 3 rings (SSSR count). The van der Waals surface area contributed by atoms with Crippen molar-refractivity contribution in [2.75, 3.05) is 13.2 Å². The zero-order chi connectivity index (χ0) is 17.2. The van der Waals surface area contributed by atoms with Gasteiger partial charge in [-0.05, 0) is 24.3 Å². The first-order chi connectivity index (χ1) is 11.5. The predicted octanol–water partition coefficient (Wildman–Crippen LogP) is 2.61. The number of benzene rings is 2. The van der Waals surface area contributed by atoms with Gasteiger partial charge in [0.2, 0.25) is 0 Å². The summed E-state index contributed by atoms with van der Waals surface area (Å²) in [5.74, 6) is -0.464. The first kappa shape index (κ1) is 16.6. The number of nitro groups is 1. The summed E-state index contributed by atoms with van der Waals surface area (Å²) in [6, 6.07) is 12.1. The smallest absolute Gasteiger partial charge is 0.273 e. The molecule has 0 aromatic heterocycles. The van der Waals surface area contributed by atoms with Crippen molar-refractivity contribution in [1.29, 1.82) is 0 Å². The Hall–Kier alpha value is -2.29. The van der Waals surface area contributed by atoms with Crippen LogP contribution in [0.4, 0.5) is 5.69 Å². The van der Waals surface area contributed by atoms with E-state index >= 15 is 0 Å². The maximum absolute atomic E-state index is 12.5. The molecule has 1 saturated heterocycles. The first-order valence-corrected chi connectivity index (χ1v) is 8.91. The summed E-state index contributed by atoms with van der Waals surface area (Å²) in [7, 11) is -3.70. The van der Waals surface area contributed by atoms with Crippen molar-refractivity contribution in [2.24, 2.45) is 0 Å². The highest BCUT2D eigenvalue weighted by Crippen LogP contribution is 2.30. The Labute approximate surface area is 138 Å². The SMILES string of the molecule is O=[N+]([O-])c1ccc(C2OCCO2)cc1CS(=O)(=O)c1ccccc1. The standard InChI is InChI=1S/C16H15NO6S/c18-17(19)15-7-6-12(16-22-8-9-23-16)10-13(15)11-24(20,21)14-4-2-1-3-5-14/h1-7,10,16H,8-9,11H2. The molecule has 0 N–H and O–H groups in total. The molecule has 0 amide bonds. The fourth-order valence-corrected chi connectivity index (χ4v) is 3.89. The van der Waals surface area contributed by atoms with E-state index in [1.54, 1.807) is 18.2 Å². The molecule has 0 radical (unpaired) electrons. The zero-order valence-electron chi connectivity index (χ0n) is 12.6. The number of sulfone groups is 1. The largest absolute Gasteiger partial charge is 0.346 e. The van der Waals surface area contributed by atoms with Gasteiger partial charge in [0.25, 0.3) is 5.69 Å². The summed E-state index contributed by atoms with van der Waals surface area (Å²) < 4.78 is 35.8. The maximum atomic E-state index is 12.5. The molecule has 0 bridgehead atoms. The Morgan fingerprint density at radius 3 is 2.38 bits per heavy atom. The molecule has 0 unspecified atom stereocenters. The van der Waals surface area contributed by atoms with Crippen LogP contribution >= 0.6 is 0 Å². The van der Waals surface area contributed by atoms with Crippen molar-refractivity contribution >= 4 is 15.5 Å². The van der Waals surface area contributed by atoms with Gasteiger partial charge in [-0.15, -0.1) is 0 Å². The fourth-order valence-electron chi connectivity index (χ4n) is 2.51. The number of nitro benzene ring substituents is 1. The van der Waals surface area contributed by atoms with Gasteiger partial charge < -0.3 is 9.47 Å². The fraction of sp³-hybridized carbons (Fsp3) is 0.250. The molecule has 1 aliphatic rings. The molecule has 0 aliphatic carbocycles. The monoisotopic (exact) mass is 349 g/mol. The average molecular weight is 349 g/mol. The van der Waals surface area contributed by atoms with E-state index in [0.29, 0.717) is 18.8 Å². The third-order valence-corrected chi connectivity index (χ3v) is 5.32. The maximum Gasteiger partial charge on any atom is 0.273 e. The van der Waals surface area contributed by atoms with Crippen LogP contribution in [0.1, 0.15) is 17.4 Å². The highest BCUT2D eigenvalue weighted by molar-refractivity contribution is 7.90. The van der Waals surface area contributed by atoms with Gasteiger partial charge in [0.15, 0.2) is 16.1 Å². The topological polar surface area (TPSA) is 95.7 Å². The van der Waals surface area contributed by atoms with Gasteiger partial charge in [-0.3, -0.25) is 10.1 Å². The van der Waals surface area contributed by atoms with E-state index in [1.807, 2.05) is 0 Å². The summed E-state index contributed by atoms with van der Waals surface area (Å²) in [6.45, 7) is 0.860. The van der Waals surface area contributed by atoms with Crippen molar-refractivity contribution < 1.29 is 22.8 Å². The molecule has 0 saturated carbocycles. The van der Waals surface area contributed by atoms with E-state index in [9.17, 15) is 18.5 Å². The molecule has 7 nitrogen and oxygen atoms in total. The molecule has 126 valence electrons. The molecule has 0 spiro atoms. The number of rotatable bonds is 5. The van der Waals surface area contributed by atoms with Crippen molar-refractivity contribution in [1.82, 2.24) is 0 Å². The van der Waals surface area contributed by atoms with Crippen LogP contribution in [-0.4, -0.2) is 26.6 Å². The quantitative estimate of drug-likeness (QED) is 0.608. The minimum Gasteiger partial charge on any atom is -0.346 e. The lowest BCUT2D eigenvalue weighted by atomic mass is 10.1. The van der Waals surface area contributed by atoms with Crippen molar-refractivity contribution in [3.05, 3.63) is 69.8 Å². The molecular weight excluding hydrogens is 334 g/mol. The third-order valence-electron chi connectivity index (χ3n) is 3.64. The minimum absolute atomic E-state index is 0.112. The van der Waals surface area contributed by atoms with E-state index in [4.69, 9.17) is 9.47 Å². The molecule has 1 fully saturated rings. The van der Waals surface area contributed by atoms with E-state index in [2.05, 4.69) is 0 Å². The van der Waals surface area contributed by atoms with Gasteiger partial charge >= 0.3 is 0 Å². The van der Waals surface area contributed by atoms with Gasteiger partial charge in [-0.1, -0.05) is 18.2 Å². The summed E-state index contributed by atoms with van der Waals surface area (Å²) in [5, 5.41) is 11.2. The lowest BCUT2D eigenvalue weighted by Gasteiger charge is -2.12. The van der Waals surface area contributed by atoms with E-state index < -0.39 is 26.8 Å². The summed E-state index contributed by atoms with van der Waals surface area (Å²) in [6.07, 6.45) is -0.621. The molecule has 2 aromatic rings. The molecule has 8 heteroatoms. The molecule has 0 atom stereocenters. The minimum atomic E-state index is -3.70. The van der Waals surface area contributed by atoms with Gasteiger partial charge in [0.1, 0.15) is 0 Å². The normalized spacial score (nSPS) is 15.5. The van der Waals surface area contributed by atoms with Crippen molar-refractivity contribution in [2.45, 2.75) is 16.9 Å². The lowest BCUT2D eigenvalue weighted by molar-refractivity contribution is -0.385. The lowest BCUT2D eigenvalue weighted by Crippen LogP contribution is -2.08. The highest BCUT2D eigenvalue weighted by atomic mass is 32.2. The van der Waals surface area contributed by atoms with Gasteiger partial charge in [0, 0.05) is 17.2 Å². The second-order valence-electron chi connectivity index (χ2n) is 5.29. The molecular formula is C16H15NO6S. The Balaban J connectivity index is 1.98. The van der Waals surface area contributed by atoms with Gasteiger partial charge in [0.05, 0.1) is 28.8 Å². The first-order valence-electron chi connectivity index (χ1n) is 7.25. The van der Waals surface area contributed by atoms with E-state index in [-0.39, 0.29) is 16.1 Å². The Kier molecular flexibility index (Phi) is 4.61. The van der Waals surface area contributed by atoms with Crippen LogP contribution in [0.25, 0.3) is 0 Å². The second kappa shape index (κ2) is 6.68. The highest BCUT2D eigenvalue weighted by Gasteiger charge is 2.25. The number of hydrogen-bond acceptors (Lipinski definition) is 6. The van der Waals surface area contributed by atoms with E-state index in [1.165, 1.54) is 30.3 Å². The second-order valence-corrected chi connectivity index (χ2v) is 7.28. The van der Waals surface area contributed by atoms with Crippen molar-refractivity contribution in [3.63, 3.8) is 0 Å². The van der Waals surface area contributed by atoms with Crippen LogP contribution < -0.4 is 0 Å². The number of ether oxygens (including phenoxy) is 2. The molecule has 24 heavy (non-hydrogen) atoms. The summed E-state index contributed by atoms with van der Waals surface area (Å²) in [4.78, 5) is 10.8. The molecule has 1 heterocycles.